The van der Waals surface area contributed by atoms with E-state index in [4.69, 9.17) is 4.74 Å². The summed E-state index contributed by atoms with van der Waals surface area (Å²) in [6, 6.07) is 13.5. The van der Waals surface area contributed by atoms with E-state index in [1.807, 2.05) is 54.8 Å². The summed E-state index contributed by atoms with van der Waals surface area (Å²) in [5.41, 5.74) is 2.31. The predicted octanol–water partition coefficient (Wildman–Crippen LogP) is 4.59. The molecule has 5 heteroatoms. The fraction of sp³-hybridized carbons (Fsp3) is 0.118. The molecule has 0 bridgehead atoms. The van der Waals surface area contributed by atoms with Crippen molar-refractivity contribution in [3.8, 4) is 5.75 Å². The number of nitrogens with one attached hydrogen (secondary N) is 1. The maximum absolute atomic E-state index is 12.4. The second-order valence-corrected chi connectivity index (χ2v) is 6.62. The molecule has 0 aliphatic carbocycles. The van der Waals surface area contributed by atoms with Crippen LogP contribution in [-0.4, -0.2) is 18.8 Å². The Morgan fingerprint density at radius 3 is 2.95 bits per heavy atom. The topological polar surface area (TPSA) is 38.3 Å². The highest BCUT2D eigenvalue weighted by atomic mass is 79.9. The van der Waals surface area contributed by atoms with Crippen LogP contribution in [0, 0.1) is 0 Å². The zero-order chi connectivity index (χ0) is 15.5. The fourth-order valence-corrected chi connectivity index (χ4v) is 3.03. The third-order valence-electron chi connectivity index (χ3n) is 3.30. The summed E-state index contributed by atoms with van der Waals surface area (Å²) < 4.78 is 6.60. The monoisotopic (exact) mass is 375 g/mol. The van der Waals surface area contributed by atoms with Gasteiger partial charge in [-0.15, -0.1) is 11.8 Å². The van der Waals surface area contributed by atoms with Crippen molar-refractivity contribution in [1.82, 2.24) is 0 Å². The first-order chi connectivity index (χ1) is 10.7. The summed E-state index contributed by atoms with van der Waals surface area (Å²) in [4.78, 5) is 13.5. The van der Waals surface area contributed by atoms with Gasteiger partial charge >= 0.3 is 0 Å². The number of halogens is 1. The molecule has 1 heterocycles. The lowest BCUT2D eigenvalue weighted by Gasteiger charge is -2.18. The number of thioether (sulfide) groups is 1. The summed E-state index contributed by atoms with van der Waals surface area (Å²) in [6.45, 7) is 0.280. The van der Waals surface area contributed by atoms with Crippen molar-refractivity contribution in [3.05, 3.63) is 58.1 Å². The number of anilines is 1. The molecule has 1 N–H and O–H groups in total. The Kier molecular flexibility index (Phi) is 4.55. The van der Waals surface area contributed by atoms with E-state index in [1.54, 1.807) is 11.8 Å². The van der Waals surface area contributed by atoms with E-state index in [1.165, 1.54) is 0 Å². The van der Waals surface area contributed by atoms with Crippen LogP contribution in [0.2, 0.25) is 0 Å². The van der Waals surface area contributed by atoms with Gasteiger partial charge in [-0.25, -0.2) is 0 Å². The molecule has 3 rings (SSSR count). The van der Waals surface area contributed by atoms with Crippen LogP contribution in [0.5, 0.6) is 5.75 Å². The first-order valence-corrected chi connectivity index (χ1v) is 8.76. The number of rotatable bonds is 3. The van der Waals surface area contributed by atoms with Gasteiger partial charge in [0.05, 0.1) is 5.57 Å². The van der Waals surface area contributed by atoms with Crippen LogP contribution in [0.4, 0.5) is 5.69 Å². The highest BCUT2D eigenvalue weighted by Gasteiger charge is 2.17. The Bertz CT molecular complexity index is 758. The maximum Gasteiger partial charge on any atom is 0.255 e. The molecule has 2 aromatic rings. The molecule has 0 spiro atoms. The molecule has 1 aliphatic heterocycles. The Morgan fingerprint density at radius 1 is 1.27 bits per heavy atom. The van der Waals surface area contributed by atoms with Crippen molar-refractivity contribution >= 4 is 45.4 Å². The molecule has 3 nitrogen and oxygen atoms in total. The average molecular weight is 376 g/mol. The van der Waals surface area contributed by atoms with E-state index in [-0.39, 0.29) is 12.5 Å². The Balaban J connectivity index is 1.80. The van der Waals surface area contributed by atoms with E-state index in [0.717, 1.165) is 26.4 Å². The van der Waals surface area contributed by atoms with Gasteiger partial charge in [0.15, 0.2) is 0 Å². The predicted molar refractivity (Wildman–Crippen MR) is 94.5 cm³/mol. The van der Waals surface area contributed by atoms with Crippen molar-refractivity contribution < 1.29 is 9.53 Å². The minimum Gasteiger partial charge on any atom is -0.488 e. The summed E-state index contributed by atoms with van der Waals surface area (Å²) in [7, 11) is 0. The van der Waals surface area contributed by atoms with Crippen LogP contribution >= 0.6 is 27.7 Å². The summed E-state index contributed by atoms with van der Waals surface area (Å²) in [5, 5.41) is 2.92. The number of ether oxygens (including phenoxy) is 1. The lowest BCUT2D eigenvalue weighted by atomic mass is 10.1. The van der Waals surface area contributed by atoms with Crippen LogP contribution in [0.1, 0.15) is 5.56 Å². The molecule has 112 valence electrons. The molecule has 0 radical (unpaired) electrons. The standard InChI is InChI=1S/C17H14BrNO2S/c1-22-15-4-2-3-14(9-15)19-17(20)12-7-11-8-13(18)5-6-16(11)21-10-12/h2-9H,10H2,1H3,(H,19,20). The second kappa shape index (κ2) is 6.58. The third kappa shape index (κ3) is 3.36. The van der Waals surface area contributed by atoms with E-state index in [2.05, 4.69) is 21.2 Å². The number of fused-ring (bicyclic) bond motifs is 1. The van der Waals surface area contributed by atoms with Crippen molar-refractivity contribution in [1.29, 1.82) is 0 Å². The summed E-state index contributed by atoms with van der Waals surface area (Å²) in [6.07, 6.45) is 3.88. The minimum absolute atomic E-state index is 0.135. The minimum atomic E-state index is -0.135. The van der Waals surface area contributed by atoms with Gasteiger partial charge in [-0.3, -0.25) is 4.79 Å². The van der Waals surface area contributed by atoms with Gasteiger partial charge < -0.3 is 10.1 Å². The molecular formula is C17H14BrNO2S. The number of carbonyl (C=O) groups excluding carboxylic acids is 1. The van der Waals surface area contributed by atoms with Gasteiger partial charge in [-0.05, 0) is 48.7 Å². The summed E-state index contributed by atoms with van der Waals surface area (Å²) >= 11 is 5.07. The number of carbonyl (C=O) groups is 1. The van der Waals surface area contributed by atoms with E-state index < -0.39 is 0 Å². The SMILES string of the molecule is CSc1cccc(NC(=O)C2=Cc3cc(Br)ccc3OC2)c1. The van der Waals surface area contributed by atoms with Crippen LogP contribution in [0.3, 0.4) is 0 Å². The van der Waals surface area contributed by atoms with Crippen molar-refractivity contribution in [2.75, 3.05) is 18.2 Å². The number of hydrogen-bond acceptors (Lipinski definition) is 3. The molecule has 2 aromatic carbocycles. The quantitative estimate of drug-likeness (QED) is 0.797. The normalized spacial score (nSPS) is 12.9. The highest BCUT2D eigenvalue weighted by molar-refractivity contribution is 9.10. The van der Waals surface area contributed by atoms with Gasteiger partial charge in [-0.1, -0.05) is 22.0 Å². The molecular weight excluding hydrogens is 362 g/mol. The van der Waals surface area contributed by atoms with E-state index in [9.17, 15) is 4.79 Å². The van der Waals surface area contributed by atoms with Gasteiger partial charge in [0.25, 0.3) is 5.91 Å². The molecule has 0 aromatic heterocycles. The Hall–Kier alpha value is -1.72. The zero-order valence-electron chi connectivity index (χ0n) is 11.9. The van der Waals surface area contributed by atoms with Crippen molar-refractivity contribution in [2.45, 2.75) is 4.90 Å². The molecule has 0 fully saturated rings. The lowest BCUT2D eigenvalue weighted by molar-refractivity contribution is -0.113. The first-order valence-electron chi connectivity index (χ1n) is 6.74. The van der Waals surface area contributed by atoms with Crippen LogP contribution in [0.15, 0.2) is 57.4 Å². The van der Waals surface area contributed by atoms with E-state index >= 15 is 0 Å². The van der Waals surface area contributed by atoms with Gasteiger partial charge in [0, 0.05) is 20.6 Å². The molecule has 0 atom stereocenters. The van der Waals surface area contributed by atoms with Crippen molar-refractivity contribution in [2.24, 2.45) is 0 Å². The van der Waals surface area contributed by atoms with Crippen molar-refractivity contribution in [3.63, 3.8) is 0 Å². The molecule has 0 unspecified atom stereocenters. The molecule has 0 saturated heterocycles. The molecule has 1 aliphatic rings. The molecule has 1 amide bonds. The summed E-state index contributed by atoms with van der Waals surface area (Å²) in [5.74, 6) is 0.660. The van der Waals surface area contributed by atoms with Crippen LogP contribution < -0.4 is 10.1 Å². The second-order valence-electron chi connectivity index (χ2n) is 4.83. The Labute approximate surface area is 141 Å². The fourth-order valence-electron chi connectivity index (χ4n) is 2.19. The zero-order valence-corrected chi connectivity index (χ0v) is 14.3. The molecule has 0 saturated carbocycles. The smallest absolute Gasteiger partial charge is 0.255 e. The van der Waals surface area contributed by atoms with Gasteiger partial charge in [0.1, 0.15) is 12.4 Å². The number of hydrogen-bond donors (Lipinski definition) is 1. The third-order valence-corrected chi connectivity index (χ3v) is 4.52. The van der Waals surface area contributed by atoms with Gasteiger partial charge in [0.2, 0.25) is 0 Å². The Morgan fingerprint density at radius 2 is 2.14 bits per heavy atom. The van der Waals surface area contributed by atoms with Crippen LogP contribution in [0.25, 0.3) is 6.08 Å². The molecule has 22 heavy (non-hydrogen) atoms. The first kappa shape index (κ1) is 15.2. The largest absolute Gasteiger partial charge is 0.488 e. The maximum atomic E-state index is 12.4. The van der Waals surface area contributed by atoms with Gasteiger partial charge in [-0.2, -0.15) is 0 Å². The lowest BCUT2D eigenvalue weighted by Crippen LogP contribution is -2.21. The average Bonchev–Trinajstić information content (AvgIpc) is 2.54. The van der Waals surface area contributed by atoms with Crippen LogP contribution in [-0.2, 0) is 4.79 Å². The number of benzene rings is 2. The highest BCUT2D eigenvalue weighted by Crippen LogP contribution is 2.29. The van der Waals surface area contributed by atoms with E-state index in [0.29, 0.717) is 5.57 Å². The number of amides is 1.